The van der Waals surface area contributed by atoms with E-state index in [2.05, 4.69) is 17.5 Å². The average molecular weight is 218 g/mol. The van der Waals surface area contributed by atoms with Gasteiger partial charge < -0.3 is 5.32 Å². The molecular formula is C12H14N2O2. The molecule has 0 bridgehead atoms. The molecule has 0 aliphatic heterocycles. The van der Waals surface area contributed by atoms with Gasteiger partial charge in [-0.25, -0.2) is 0 Å². The number of aryl methyl sites for hydroxylation is 1. The molecule has 0 saturated carbocycles. The molecule has 0 radical (unpaired) electrons. The zero-order valence-corrected chi connectivity index (χ0v) is 9.14. The summed E-state index contributed by atoms with van der Waals surface area (Å²) in [4.78, 5) is 10.6. The van der Waals surface area contributed by atoms with Crippen molar-refractivity contribution >= 4 is 11.4 Å². The Hall–Kier alpha value is -1.84. The van der Waals surface area contributed by atoms with Gasteiger partial charge in [0.25, 0.3) is 5.69 Å². The quantitative estimate of drug-likeness (QED) is 0.482. The summed E-state index contributed by atoms with van der Waals surface area (Å²) in [6, 6.07) is 5.43. The number of rotatable bonds is 3. The van der Waals surface area contributed by atoms with E-state index in [0.717, 1.165) is 18.4 Å². The summed E-state index contributed by atoms with van der Waals surface area (Å²) in [7, 11) is 0. The van der Waals surface area contributed by atoms with Gasteiger partial charge in [0.05, 0.1) is 4.92 Å². The predicted molar refractivity (Wildman–Crippen MR) is 63.6 cm³/mol. The number of nitrogens with zero attached hydrogens (tertiary/aromatic N) is 1. The van der Waals surface area contributed by atoms with Crippen molar-refractivity contribution in [3.63, 3.8) is 0 Å². The lowest BCUT2D eigenvalue weighted by Crippen LogP contribution is -2.16. The molecule has 0 unspecified atom stereocenters. The van der Waals surface area contributed by atoms with Crippen molar-refractivity contribution in [1.29, 1.82) is 0 Å². The van der Waals surface area contributed by atoms with Crippen molar-refractivity contribution in [3.8, 4) is 0 Å². The Labute approximate surface area is 94.1 Å². The molecule has 0 spiro atoms. The van der Waals surface area contributed by atoms with Crippen LogP contribution in [0.5, 0.6) is 0 Å². The topological polar surface area (TPSA) is 55.2 Å². The van der Waals surface area contributed by atoms with Gasteiger partial charge in [0.1, 0.15) is 5.69 Å². The Morgan fingerprint density at radius 3 is 2.69 bits per heavy atom. The summed E-state index contributed by atoms with van der Waals surface area (Å²) in [5, 5.41) is 14.2. The zero-order chi connectivity index (χ0) is 11.5. The molecule has 0 saturated heterocycles. The van der Waals surface area contributed by atoms with E-state index in [1.807, 2.05) is 13.0 Å². The van der Waals surface area contributed by atoms with E-state index in [9.17, 15) is 10.1 Å². The number of nitro benzene ring substituents is 1. The van der Waals surface area contributed by atoms with Gasteiger partial charge in [0.2, 0.25) is 0 Å². The fourth-order valence-electron chi connectivity index (χ4n) is 1.93. The van der Waals surface area contributed by atoms with Gasteiger partial charge in [-0.2, -0.15) is 0 Å². The first-order valence-corrected chi connectivity index (χ1v) is 5.34. The number of nitro groups is 1. The van der Waals surface area contributed by atoms with Crippen LogP contribution in [-0.4, -0.2) is 11.0 Å². The number of anilines is 1. The van der Waals surface area contributed by atoms with E-state index in [4.69, 9.17) is 0 Å². The second-order valence-corrected chi connectivity index (χ2v) is 4.01. The third kappa shape index (κ3) is 2.05. The smallest absolute Gasteiger partial charge is 0.292 e. The van der Waals surface area contributed by atoms with Crippen LogP contribution in [0.25, 0.3) is 0 Å². The molecule has 1 N–H and O–H groups in total. The van der Waals surface area contributed by atoms with Crippen molar-refractivity contribution in [2.24, 2.45) is 0 Å². The minimum Gasteiger partial charge on any atom is -0.376 e. The van der Waals surface area contributed by atoms with Crippen LogP contribution in [0.1, 0.15) is 18.4 Å². The molecule has 16 heavy (non-hydrogen) atoms. The molecule has 2 rings (SSSR count). The first kappa shape index (κ1) is 10.7. The molecule has 0 heterocycles. The van der Waals surface area contributed by atoms with E-state index in [1.54, 1.807) is 6.07 Å². The maximum absolute atomic E-state index is 10.9. The fourth-order valence-corrected chi connectivity index (χ4v) is 1.93. The molecule has 84 valence electrons. The molecule has 1 aromatic rings. The maximum Gasteiger partial charge on any atom is 0.292 e. The first-order valence-electron chi connectivity index (χ1n) is 5.34. The lowest BCUT2D eigenvalue weighted by Gasteiger charge is -2.15. The van der Waals surface area contributed by atoms with Gasteiger partial charge in [-0.1, -0.05) is 24.3 Å². The van der Waals surface area contributed by atoms with Crippen LogP contribution < -0.4 is 5.32 Å². The Bertz CT molecular complexity index is 433. The molecule has 0 atom stereocenters. The van der Waals surface area contributed by atoms with Crippen LogP contribution in [0, 0.1) is 17.0 Å². The summed E-state index contributed by atoms with van der Waals surface area (Å²) >= 11 is 0. The fraction of sp³-hybridized carbons (Fsp3) is 0.333. The lowest BCUT2D eigenvalue weighted by atomic mass is 10.1. The highest BCUT2D eigenvalue weighted by molar-refractivity contribution is 5.66. The van der Waals surface area contributed by atoms with Crippen molar-refractivity contribution in [2.75, 3.05) is 5.32 Å². The summed E-state index contributed by atoms with van der Waals surface area (Å²) in [5.41, 5.74) is 1.73. The number of benzene rings is 1. The molecule has 1 aliphatic rings. The molecule has 4 heteroatoms. The largest absolute Gasteiger partial charge is 0.376 e. The Morgan fingerprint density at radius 1 is 1.38 bits per heavy atom. The van der Waals surface area contributed by atoms with Crippen LogP contribution in [0.3, 0.4) is 0 Å². The highest BCUT2D eigenvalue weighted by Gasteiger charge is 2.19. The van der Waals surface area contributed by atoms with Crippen LogP contribution in [0.4, 0.5) is 11.4 Å². The van der Waals surface area contributed by atoms with E-state index in [-0.39, 0.29) is 10.6 Å². The number of para-hydroxylation sites is 1. The van der Waals surface area contributed by atoms with E-state index < -0.39 is 0 Å². The average Bonchev–Trinajstić information content (AvgIpc) is 2.73. The highest BCUT2D eigenvalue weighted by atomic mass is 16.6. The summed E-state index contributed by atoms with van der Waals surface area (Å²) in [6.07, 6.45) is 6.07. The Morgan fingerprint density at radius 2 is 2.06 bits per heavy atom. The van der Waals surface area contributed by atoms with Crippen molar-refractivity contribution in [3.05, 3.63) is 46.0 Å². The van der Waals surface area contributed by atoms with E-state index in [1.165, 1.54) is 6.07 Å². The van der Waals surface area contributed by atoms with E-state index in [0.29, 0.717) is 11.7 Å². The zero-order valence-electron chi connectivity index (χ0n) is 9.14. The first-order chi connectivity index (χ1) is 7.68. The van der Waals surface area contributed by atoms with Crippen LogP contribution >= 0.6 is 0 Å². The lowest BCUT2D eigenvalue weighted by molar-refractivity contribution is -0.384. The SMILES string of the molecule is Cc1cccc([N+](=O)[O-])c1NC1CC=CC1. The second-order valence-electron chi connectivity index (χ2n) is 4.01. The van der Waals surface area contributed by atoms with Gasteiger partial charge >= 0.3 is 0 Å². The van der Waals surface area contributed by atoms with Gasteiger partial charge in [0.15, 0.2) is 0 Å². The monoisotopic (exact) mass is 218 g/mol. The minimum atomic E-state index is -0.336. The molecule has 0 fully saturated rings. The Balaban J connectivity index is 2.27. The molecule has 0 aromatic heterocycles. The van der Waals surface area contributed by atoms with Crippen LogP contribution in [-0.2, 0) is 0 Å². The van der Waals surface area contributed by atoms with Gasteiger partial charge in [-0.15, -0.1) is 0 Å². The van der Waals surface area contributed by atoms with Crippen LogP contribution in [0.2, 0.25) is 0 Å². The highest BCUT2D eigenvalue weighted by Crippen LogP contribution is 2.29. The Kier molecular flexibility index (Phi) is 2.90. The third-order valence-electron chi connectivity index (χ3n) is 2.80. The van der Waals surface area contributed by atoms with Crippen molar-refractivity contribution < 1.29 is 4.92 Å². The summed E-state index contributed by atoms with van der Waals surface area (Å²) in [6.45, 7) is 1.89. The van der Waals surface area contributed by atoms with Crippen molar-refractivity contribution in [2.45, 2.75) is 25.8 Å². The number of hydrogen-bond donors (Lipinski definition) is 1. The third-order valence-corrected chi connectivity index (χ3v) is 2.80. The molecule has 0 amide bonds. The van der Waals surface area contributed by atoms with Crippen LogP contribution in [0.15, 0.2) is 30.4 Å². The van der Waals surface area contributed by atoms with Crippen molar-refractivity contribution in [1.82, 2.24) is 0 Å². The molecule has 1 aliphatic carbocycles. The van der Waals surface area contributed by atoms with Gasteiger partial charge in [-0.3, -0.25) is 10.1 Å². The number of hydrogen-bond acceptors (Lipinski definition) is 3. The molecule has 4 nitrogen and oxygen atoms in total. The summed E-state index contributed by atoms with van der Waals surface area (Å²) < 4.78 is 0. The number of nitrogens with one attached hydrogen (secondary N) is 1. The van der Waals surface area contributed by atoms with Gasteiger partial charge in [0, 0.05) is 12.1 Å². The normalized spacial score (nSPS) is 15.3. The summed E-state index contributed by atoms with van der Waals surface area (Å²) in [5.74, 6) is 0. The van der Waals surface area contributed by atoms with Gasteiger partial charge in [-0.05, 0) is 25.3 Å². The minimum absolute atomic E-state index is 0.159. The maximum atomic E-state index is 10.9. The standard InChI is InChI=1S/C12H14N2O2/c1-9-5-4-8-11(14(15)16)12(9)13-10-6-2-3-7-10/h2-5,8,10,13H,6-7H2,1H3. The van der Waals surface area contributed by atoms with E-state index >= 15 is 0 Å². The molecule has 1 aromatic carbocycles. The molecular weight excluding hydrogens is 204 g/mol. The second kappa shape index (κ2) is 4.35. The predicted octanol–water partition coefficient (Wildman–Crippen LogP) is 3.03.